The summed E-state index contributed by atoms with van der Waals surface area (Å²) in [5.41, 5.74) is 1.59. The number of fused-ring (bicyclic) bond motifs is 1. The van der Waals surface area contributed by atoms with Crippen molar-refractivity contribution in [3.8, 4) is 0 Å². The maximum atomic E-state index is 14.6. The summed E-state index contributed by atoms with van der Waals surface area (Å²) in [6.45, 7) is 3.85. The number of ether oxygens (including phenoxy) is 2. The van der Waals surface area contributed by atoms with Gasteiger partial charge in [-0.25, -0.2) is 9.18 Å². The van der Waals surface area contributed by atoms with Crippen LogP contribution in [0.5, 0.6) is 0 Å². The number of carbonyl (C=O) groups is 3. The van der Waals surface area contributed by atoms with E-state index < -0.39 is 23.8 Å². The molecule has 0 spiro atoms. The first-order valence-electron chi connectivity index (χ1n) is 12.5. The molecule has 2 aromatic carbocycles. The number of benzene rings is 2. The van der Waals surface area contributed by atoms with Gasteiger partial charge in [-0.05, 0) is 50.5 Å². The third-order valence-corrected chi connectivity index (χ3v) is 7.18. The molecule has 1 saturated heterocycles. The van der Waals surface area contributed by atoms with Gasteiger partial charge in [0.15, 0.2) is 0 Å². The van der Waals surface area contributed by atoms with Crippen LogP contribution in [0.3, 0.4) is 0 Å². The van der Waals surface area contributed by atoms with E-state index in [-0.39, 0.29) is 43.2 Å². The Bertz CT molecular complexity index is 1140. The highest BCUT2D eigenvalue weighted by molar-refractivity contribution is 5.99. The highest BCUT2D eigenvalue weighted by atomic mass is 19.1. The number of halogens is 1. The molecule has 4 atom stereocenters. The van der Waals surface area contributed by atoms with Gasteiger partial charge in [0.2, 0.25) is 5.91 Å². The van der Waals surface area contributed by atoms with E-state index in [1.807, 2.05) is 13.8 Å². The van der Waals surface area contributed by atoms with E-state index >= 15 is 0 Å². The van der Waals surface area contributed by atoms with Gasteiger partial charge in [0.25, 0.3) is 5.91 Å². The topological polar surface area (TPSA) is 88.2 Å². The van der Waals surface area contributed by atoms with Gasteiger partial charge in [0, 0.05) is 37.4 Å². The van der Waals surface area contributed by atoms with Crippen molar-refractivity contribution in [2.75, 3.05) is 14.2 Å². The molecular weight excluding hydrogens is 477 g/mol. The average molecular weight is 512 g/mol. The van der Waals surface area contributed by atoms with E-state index in [4.69, 9.17) is 9.47 Å². The fourth-order valence-electron chi connectivity index (χ4n) is 5.24. The van der Waals surface area contributed by atoms with E-state index in [1.165, 1.54) is 11.0 Å². The third kappa shape index (κ3) is 5.67. The number of urea groups is 1. The molecule has 1 aliphatic heterocycles. The van der Waals surface area contributed by atoms with Gasteiger partial charge in [-0.1, -0.05) is 30.3 Å². The summed E-state index contributed by atoms with van der Waals surface area (Å²) < 4.78 is 25.8. The third-order valence-electron chi connectivity index (χ3n) is 7.18. The first-order chi connectivity index (χ1) is 17.7. The van der Waals surface area contributed by atoms with Crippen LogP contribution >= 0.6 is 0 Å². The zero-order valence-electron chi connectivity index (χ0n) is 21.6. The lowest BCUT2D eigenvalue weighted by molar-refractivity contribution is -0.152. The predicted octanol–water partition coefficient (Wildman–Crippen LogP) is 3.74. The van der Waals surface area contributed by atoms with Crippen LogP contribution in [0, 0.1) is 11.7 Å². The summed E-state index contributed by atoms with van der Waals surface area (Å²) in [5.74, 6) is -1.37. The molecule has 0 bridgehead atoms. The minimum Gasteiger partial charge on any atom is -0.379 e. The molecule has 4 amide bonds. The summed E-state index contributed by atoms with van der Waals surface area (Å²) >= 11 is 0. The number of carbonyl (C=O) groups excluding carboxylic acids is 3. The van der Waals surface area contributed by atoms with Crippen molar-refractivity contribution >= 4 is 17.8 Å². The van der Waals surface area contributed by atoms with Crippen molar-refractivity contribution in [1.29, 1.82) is 0 Å². The fourth-order valence-corrected chi connectivity index (χ4v) is 5.24. The molecule has 198 valence electrons. The second-order valence-corrected chi connectivity index (χ2v) is 9.94. The van der Waals surface area contributed by atoms with Crippen molar-refractivity contribution < 1.29 is 28.2 Å². The first-order valence-corrected chi connectivity index (χ1v) is 12.5. The summed E-state index contributed by atoms with van der Waals surface area (Å²) in [6, 6.07) is 12.3. The summed E-state index contributed by atoms with van der Waals surface area (Å²) in [6.07, 6.45) is 0.231. The Morgan fingerprint density at radius 3 is 2.27 bits per heavy atom. The maximum Gasteiger partial charge on any atom is 0.327 e. The van der Waals surface area contributed by atoms with Crippen molar-refractivity contribution in [2.24, 2.45) is 5.92 Å². The lowest BCUT2D eigenvalue weighted by Gasteiger charge is -2.50. The van der Waals surface area contributed by atoms with Crippen LogP contribution in [0.25, 0.3) is 0 Å². The zero-order chi connectivity index (χ0) is 26.7. The van der Waals surface area contributed by atoms with Crippen LogP contribution in [0.4, 0.5) is 9.18 Å². The minimum absolute atomic E-state index is 0.00766. The van der Waals surface area contributed by atoms with Crippen molar-refractivity contribution in [3.63, 3.8) is 0 Å². The number of rotatable bonds is 8. The molecule has 1 aliphatic carbocycles. The molecule has 4 unspecified atom stereocenters. The number of nitrogens with one attached hydrogen (secondary N) is 1. The predicted molar refractivity (Wildman–Crippen MR) is 135 cm³/mol. The van der Waals surface area contributed by atoms with Gasteiger partial charge < -0.3 is 19.7 Å². The second kappa shape index (κ2) is 11.4. The lowest BCUT2D eigenvalue weighted by atomic mass is 9.77. The molecule has 2 aromatic rings. The summed E-state index contributed by atoms with van der Waals surface area (Å²) in [5, 5.41) is 2.84. The Kier molecular flexibility index (Phi) is 8.24. The Morgan fingerprint density at radius 1 is 1.00 bits per heavy atom. The van der Waals surface area contributed by atoms with Crippen LogP contribution in [-0.4, -0.2) is 66.2 Å². The molecule has 8 nitrogen and oxygen atoms in total. The van der Waals surface area contributed by atoms with Crippen LogP contribution in [0.1, 0.15) is 48.2 Å². The highest BCUT2D eigenvalue weighted by Gasteiger charge is 2.51. The number of hydrogen-bond donors (Lipinski definition) is 1. The maximum absolute atomic E-state index is 14.6. The monoisotopic (exact) mass is 511 g/mol. The first kappa shape index (κ1) is 26.8. The Labute approximate surface area is 216 Å². The Morgan fingerprint density at radius 2 is 1.65 bits per heavy atom. The molecule has 0 radical (unpaired) electrons. The van der Waals surface area contributed by atoms with Gasteiger partial charge in [-0.3, -0.25) is 14.5 Å². The SMILES string of the molecule is COC1CC2C(=O)N(Cc3ccc(C(=O)NC(C)C)cc3)C(=O)N(Cc3ccccc3F)C2CC1OC. The summed E-state index contributed by atoms with van der Waals surface area (Å²) in [4.78, 5) is 42.5. The standard InChI is InChI=1S/C28H34FN3O5/c1-17(2)30-26(33)19-11-9-18(10-12-19)15-32-27(34)21-13-24(36-3)25(37-4)14-23(21)31(28(32)35)16-20-7-5-6-8-22(20)29/h5-12,17,21,23-25H,13-16H2,1-4H3,(H,30,33). The number of amides is 4. The largest absolute Gasteiger partial charge is 0.379 e. The van der Waals surface area contributed by atoms with Gasteiger partial charge in [-0.15, -0.1) is 0 Å². The number of hydrogen-bond acceptors (Lipinski definition) is 5. The number of nitrogens with zero attached hydrogens (tertiary/aromatic N) is 2. The Hall–Kier alpha value is -3.30. The summed E-state index contributed by atoms with van der Waals surface area (Å²) in [7, 11) is 3.17. The van der Waals surface area contributed by atoms with E-state index in [0.29, 0.717) is 29.5 Å². The van der Waals surface area contributed by atoms with Crippen LogP contribution in [0.15, 0.2) is 48.5 Å². The Balaban J connectivity index is 1.61. The molecule has 2 fully saturated rings. The van der Waals surface area contributed by atoms with E-state index in [0.717, 1.165) is 0 Å². The number of methoxy groups -OCH3 is 2. The van der Waals surface area contributed by atoms with Gasteiger partial charge in [0.05, 0.1) is 31.2 Å². The van der Waals surface area contributed by atoms with Crippen molar-refractivity contribution in [2.45, 2.75) is 64.1 Å². The molecule has 37 heavy (non-hydrogen) atoms. The van der Waals surface area contributed by atoms with Gasteiger partial charge in [-0.2, -0.15) is 0 Å². The van der Waals surface area contributed by atoms with Gasteiger partial charge in [0.1, 0.15) is 5.82 Å². The minimum atomic E-state index is -0.503. The zero-order valence-corrected chi connectivity index (χ0v) is 21.6. The molecule has 0 aromatic heterocycles. The average Bonchev–Trinajstić information content (AvgIpc) is 2.89. The van der Waals surface area contributed by atoms with E-state index in [1.54, 1.807) is 61.6 Å². The van der Waals surface area contributed by atoms with Crippen molar-refractivity contribution in [1.82, 2.24) is 15.1 Å². The molecule has 1 saturated carbocycles. The smallest absolute Gasteiger partial charge is 0.327 e. The number of imide groups is 1. The second-order valence-electron chi connectivity index (χ2n) is 9.94. The van der Waals surface area contributed by atoms with Crippen LogP contribution < -0.4 is 5.32 Å². The molecule has 1 N–H and O–H groups in total. The fraction of sp³-hybridized carbons (Fsp3) is 0.464. The molecular formula is C28H34FN3O5. The highest BCUT2D eigenvalue weighted by Crippen LogP contribution is 2.38. The van der Waals surface area contributed by atoms with E-state index in [9.17, 15) is 18.8 Å². The van der Waals surface area contributed by atoms with Gasteiger partial charge >= 0.3 is 6.03 Å². The lowest BCUT2D eigenvalue weighted by Crippen LogP contribution is -2.64. The molecule has 9 heteroatoms. The van der Waals surface area contributed by atoms with Crippen molar-refractivity contribution in [3.05, 3.63) is 71.0 Å². The quantitative estimate of drug-likeness (QED) is 0.584. The van der Waals surface area contributed by atoms with Crippen LogP contribution in [-0.2, 0) is 27.4 Å². The molecule has 1 heterocycles. The molecule has 4 rings (SSSR count). The van der Waals surface area contributed by atoms with Crippen LogP contribution in [0.2, 0.25) is 0 Å². The molecule has 2 aliphatic rings. The normalized spacial score (nSPS) is 23.8. The van der Waals surface area contributed by atoms with E-state index in [2.05, 4.69) is 5.32 Å².